The third-order valence-corrected chi connectivity index (χ3v) is 3.31. The van der Waals surface area contributed by atoms with Crippen LogP contribution in [0, 0.1) is 0 Å². The molecule has 3 N–H and O–H groups in total. The highest BCUT2D eigenvalue weighted by molar-refractivity contribution is 9.10. The Morgan fingerprint density at radius 2 is 2.22 bits per heavy atom. The Morgan fingerprint density at radius 1 is 1.44 bits per heavy atom. The standard InChI is InChI=1S/C12H13BrN2O3/c13-8-1-3-10(16)7(5-8)6-14-9-2-4-11(17)15-12(9)18/h1,3,5,9,14,16H,2,4,6H2,(H,15,17,18). The van der Waals surface area contributed by atoms with Crippen LogP contribution in [0.1, 0.15) is 18.4 Å². The summed E-state index contributed by atoms with van der Waals surface area (Å²) in [6.07, 6.45) is 0.827. The molecular formula is C12H13BrN2O3. The maximum Gasteiger partial charge on any atom is 0.243 e. The fourth-order valence-corrected chi connectivity index (χ4v) is 2.23. The van der Waals surface area contributed by atoms with Gasteiger partial charge < -0.3 is 10.4 Å². The lowest BCUT2D eigenvalue weighted by molar-refractivity contribution is -0.134. The molecule has 1 unspecified atom stereocenters. The predicted molar refractivity (Wildman–Crippen MR) is 68.8 cm³/mol. The topological polar surface area (TPSA) is 78.4 Å². The van der Waals surface area contributed by atoms with Crippen molar-refractivity contribution in [2.45, 2.75) is 25.4 Å². The summed E-state index contributed by atoms with van der Waals surface area (Å²) in [5, 5.41) is 15.0. The van der Waals surface area contributed by atoms with Gasteiger partial charge in [-0.3, -0.25) is 14.9 Å². The Hall–Kier alpha value is -1.40. The van der Waals surface area contributed by atoms with Gasteiger partial charge in [0.2, 0.25) is 11.8 Å². The van der Waals surface area contributed by atoms with Gasteiger partial charge in [-0.25, -0.2) is 0 Å². The van der Waals surface area contributed by atoms with Gasteiger partial charge in [0, 0.05) is 23.0 Å². The van der Waals surface area contributed by atoms with E-state index in [2.05, 4.69) is 26.6 Å². The number of rotatable bonds is 3. The lowest BCUT2D eigenvalue weighted by atomic mass is 10.1. The van der Waals surface area contributed by atoms with Crippen LogP contribution in [-0.2, 0) is 16.1 Å². The maximum absolute atomic E-state index is 11.5. The fourth-order valence-electron chi connectivity index (χ4n) is 1.82. The Labute approximate surface area is 113 Å². The summed E-state index contributed by atoms with van der Waals surface area (Å²) in [4.78, 5) is 22.5. The Kier molecular flexibility index (Phi) is 3.98. The minimum absolute atomic E-state index is 0.179. The quantitative estimate of drug-likeness (QED) is 0.729. The number of piperidine rings is 1. The lowest BCUT2D eigenvalue weighted by Crippen LogP contribution is -2.50. The van der Waals surface area contributed by atoms with Gasteiger partial charge in [-0.15, -0.1) is 0 Å². The van der Waals surface area contributed by atoms with Crippen LogP contribution in [-0.4, -0.2) is 23.0 Å². The molecule has 2 amide bonds. The predicted octanol–water partition coefficient (Wildman–Crippen LogP) is 1.05. The molecule has 0 spiro atoms. The number of hydrogen-bond donors (Lipinski definition) is 3. The van der Waals surface area contributed by atoms with Crippen LogP contribution in [0.25, 0.3) is 0 Å². The van der Waals surface area contributed by atoms with Crippen molar-refractivity contribution >= 4 is 27.7 Å². The minimum atomic E-state index is -0.388. The van der Waals surface area contributed by atoms with Gasteiger partial charge >= 0.3 is 0 Å². The van der Waals surface area contributed by atoms with Gasteiger partial charge in [0.05, 0.1) is 6.04 Å². The van der Waals surface area contributed by atoms with E-state index in [1.807, 2.05) is 0 Å². The van der Waals surface area contributed by atoms with Gasteiger partial charge in [0.1, 0.15) is 5.75 Å². The summed E-state index contributed by atoms with van der Waals surface area (Å²) in [7, 11) is 0. The number of phenols is 1. The summed E-state index contributed by atoms with van der Waals surface area (Å²) >= 11 is 3.32. The van der Waals surface area contributed by atoms with Crippen molar-refractivity contribution in [2.75, 3.05) is 0 Å². The second-order valence-corrected chi connectivity index (χ2v) is 5.07. The first-order valence-corrected chi connectivity index (χ1v) is 6.40. The van der Waals surface area contributed by atoms with E-state index in [1.54, 1.807) is 18.2 Å². The minimum Gasteiger partial charge on any atom is -0.508 e. The van der Waals surface area contributed by atoms with Crippen LogP contribution in [0.5, 0.6) is 5.75 Å². The third kappa shape index (κ3) is 3.08. The molecule has 1 aliphatic rings. The van der Waals surface area contributed by atoms with Crippen molar-refractivity contribution < 1.29 is 14.7 Å². The third-order valence-electron chi connectivity index (χ3n) is 2.82. The number of imide groups is 1. The highest BCUT2D eigenvalue weighted by Gasteiger charge is 2.25. The first-order chi connectivity index (χ1) is 8.56. The largest absolute Gasteiger partial charge is 0.508 e. The van der Waals surface area contributed by atoms with Gasteiger partial charge in [-0.1, -0.05) is 15.9 Å². The molecule has 1 heterocycles. The zero-order valence-corrected chi connectivity index (χ0v) is 11.2. The zero-order valence-electron chi connectivity index (χ0n) is 9.57. The van der Waals surface area contributed by atoms with Gasteiger partial charge in [-0.2, -0.15) is 0 Å². The van der Waals surface area contributed by atoms with E-state index in [-0.39, 0.29) is 23.6 Å². The van der Waals surface area contributed by atoms with Crippen molar-refractivity contribution in [3.8, 4) is 5.75 Å². The van der Waals surface area contributed by atoms with Crippen LogP contribution in [0.2, 0.25) is 0 Å². The molecule has 1 fully saturated rings. The Bertz CT molecular complexity index is 490. The van der Waals surface area contributed by atoms with Crippen molar-refractivity contribution in [1.82, 2.24) is 10.6 Å². The van der Waals surface area contributed by atoms with Gasteiger partial charge in [0.25, 0.3) is 0 Å². The summed E-state index contributed by atoms with van der Waals surface area (Å²) in [6.45, 7) is 0.373. The molecule has 0 bridgehead atoms. The molecule has 2 rings (SSSR count). The molecule has 0 aromatic heterocycles. The Morgan fingerprint density at radius 3 is 2.94 bits per heavy atom. The molecule has 1 aromatic rings. The van der Waals surface area contributed by atoms with Crippen molar-refractivity contribution in [3.05, 3.63) is 28.2 Å². The SMILES string of the molecule is O=C1CCC(NCc2cc(Br)ccc2O)C(=O)N1. The summed E-state index contributed by atoms with van der Waals surface area (Å²) in [5.74, 6) is -0.359. The summed E-state index contributed by atoms with van der Waals surface area (Å²) in [6, 6.07) is 4.73. The van der Waals surface area contributed by atoms with Crippen LogP contribution in [0.3, 0.4) is 0 Å². The second kappa shape index (κ2) is 5.49. The van der Waals surface area contributed by atoms with Crippen molar-refractivity contribution in [2.24, 2.45) is 0 Å². The molecule has 6 heteroatoms. The van der Waals surface area contributed by atoms with Crippen LogP contribution in [0.4, 0.5) is 0 Å². The number of amides is 2. The number of benzene rings is 1. The van der Waals surface area contributed by atoms with E-state index in [0.717, 1.165) is 4.47 Å². The monoisotopic (exact) mass is 312 g/mol. The first-order valence-electron chi connectivity index (χ1n) is 5.61. The van der Waals surface area contributed by atoms with E-state index in [9.17, 15) is 14.7 Å². The van der Waals surface area contributed by atoms with Crippen molar-refractivity contribution in [1.29, 1.82) is 0 Å². The van der Waals surface area contributed by atoms with E-state index < -0.39 is 0 Å². The van der Waals surface area contributed by atoms with Crippen LogP contribution in [0.15, 0.2) is 22.7 Å². The molecule has 96 valence electrons. The second-order valence-electron chi connectivity index (χ2n) is 4.16. The lowest BCUT2D eigenvalue weighted by Gasteiger charge is -2.22. The molecule has 1 saturated heterocycles. The van der Waals surface area contributed by atoms with Crippen molar-refractivity contribution in [3.63, 3.8) is 0 Å². The number of nitrogens with one attached hydrogen (secondary N) is 2. The smallest absolute Gasteiger partial charge is 0.243 e. The highest BCUT2D eigenvalue weighted by Crippen LogP contribution is 2.21. The molecule has 1 aliphatic heterocycles. The normalized spacial score (nSPS) is 19.7. The van der Waals surface area contributed by atoms with E-state index in [1.165, 1.54) is 0 Å². The highest BCUT2D eigenvalue weighted by atomic mass is 79.9. The number of phenolic OH excluding ortho intramolecular Hbond substituents is 1. The molecule has 0 aliphatic carbocycles. The molecule has 1 atom stereocenters. The van der Waals surface area contributed by atoms with E-state index in [4.69, 9.17) is 0 Å². The molecule has 0 saturated carbocycles. The van der Waals surface area contributed by atoms with Crippen LogP contribution < -0.4 is 10.6 Å². The average Bonchev–Trinajstić information content (AvgIpc) is 2.32. The number of aromatic hydroxyl groups is 1. The number of carbonyl (C=O) groups is 2. The maximum atomic E-state index is 11.5. The number of halogens is 1. The van der Waals surface area contributed by atoms with Gasteiger partial charge in [0.15, 0.2) is 0 Å². The van der Waals surface area contributed by atoms with Crippen LogP contribution >= 0.6 is 15.9 Å². The molecule has 1 aromatic carbocycles. The number of hydrogen-bond acceptors (Lipinski definition) is 4. The summed E-state index contributed by atoms with van der Waals surface area (Å²) < 4.78 is 0.861. The fraction of sp³-hybridized carbons (Fsp3) is 0.333. The van der Waals surface area contributed by atoms with E-state index >= 15 is 0 Å². The first kappa shape index (κ1) is 13.0. The average molecular weight is 313 g/mol. The molecular weight excluding hydrogens is 300 g/mol. The zero-order chi connectivity index (χ0) is 13.1. The van der Waals surface area contributed by atoms with E-state index in [0.29, 0.717) is 24.9 Å². The molecule has 5 nitrogen and oxygen atoms in total. The molecule has 0 radical (unpaired) electrons. The molecule has 18 heavy (non-hydrogen) atoms. The summed E-state index contributed by atoms with van der Waals surface area (Å²) in [5.41, 5.74) is 0.703. The number of carbonyl (C=O) groups excluding carboxylic acids is 2. The Balaban J connectivity index is 1.97. The van der Waals surface area contributed by atoms with Gasteiger partial charge in [-0.05, 0) is 24.6 Å².